The number of ether oxygens (including phenoxy) is 2. The zero-order chi connectivity index (χ0) is 40.9. The van der Waals surface area contributed by atoms with Crippen molar-refractivity contribution in [2.75, 3.05) is 20.8 Å². The summed E-state index contributed by atoms with van der Waals surface area (Å²) in [5.74, 6) is 1.86. The van der Waals surface area contributed by atoms with Gasteiger partial charge in [0.15, 0.2) is 0 Å². The molecule has 0 heterocycles. The van der Waals surface area contributed by atoms with Crippen molar-refractivity contribution >= 4 is 0 Å². The van der Waals surface area contributed by atoms with Crippen LogP contribution in [0, 0.1) is 0 Å². The molecule has 0 aliphatic heterocycles. The Hall–Kier alpha value is -2.08. The molecular weight excluding hydrogens is 667 g/mol. The first-order valence-corrected chi connectivity index (χ1v) is 21.6. The maximum atomic E-state index is 11.7. The average Bonchev–Trinajstić information content (AvgIpc) is 3.08. The van der Waals surface area contributed by atoms with E-state index in [2.05, 4.69) is 120 Å². The third-order valence-corrected chi connectivity index (χ3v) is 11.2. The molecule has 0 unspecified atom stereocenters. The second-order valence-electron chi connectivity index (χ2n) is 20.3. The number of aliphatic hydroxyl groups excluding tert-OH is 2. The predicted molar refractivity (Wildman–Crippen MR) is 233 cm³/mol. The van der Waals surface area contributed by atoms with Crippen LogP contribution in [0.25, 0.3) is 0 Å². The van der Waals surface area contributed by atoms with E-state index in [1.807, 2.05) is 0 Å². The van der Waals surface area contributed by atoms with Gasteiger partial charge in [0.25, 0.3) is 0 Å². The second-order valence-corrected chi connectivity index (χ2v) is 20.3. The van der Waals surface area contributed by atoms with Crippen LogP contribution >= 0.6 is 0 Å². The smallest absolute Gasteiger partial charge is 0.126 e. The van der Waals surface area contributed by atoms with Crippen LogP contribution in [-0.2, 0) is 21.7 Å². The van der Waals surface area contributed by atoms with Crippen LogP contribution < -0.4 is 14.8 Å². The lowest BCUT2D eigenvalue weighted by atomic mass is 9.75. The van der Waals surface area contributed by atoms with Gasteiger partial charge in [-0.1, -0.05) is 173 Å². The third-order valence-electron chi connectivity index (χ3n) is 11.2. The van der Waals surface area contributed by atoms with Gasteiger partial charge in [0.05, 0.1) is 39.0 Å². The lowest BCUT2D eigenvalue weighted by Crippen LogP contribution is -2.45. The zero-order valence-corrected chi connectivity index (χ0v) is 37.9. The highest BCUT2D eigenvalue weighted by Gasteiger charge is 2.34. The highest BCUT2D eigenvalue weighted by Crippen LogP contribution is 2.45. The molecule has 0 bridgehead atoms. The summed E-state index contributed by atoms with van der Waals surface area (Å²) in [6.45, 7) is 29.0. The van der Waals surface area contributed by atoms with Crippen LogP contribution in [0.15, 0.2) is 24.3 Å². The van der Waals surface area contributed by atoms with Gasteiger partial charge in [0.1, 0.15) is 11.5 Å². The number of unbranched alkanes of at least 4 members (excludes halogenated alkanes) is 12. The van der Waals surface area contributed by atoms with E-state index in [0.717, 1.165) is 57.7 Å². The Kier molecular flexibility index (Phi) is 19.1. The van der Waals surface area contributed by atoms with Gasteiger partial charge < -0.3 is 19.7 Å². The summed E-state index contributed by atoms with van der Waals surface area (Å²) in [5.41, 5.74) is 6.07. The van der Waals surface area contributed by atoms with Crippen LogP contribution in [0.2, 0.25) is 0 Å². The largest absolute Gasteiger partial charge is 0.496 e. The molecule has 0 fully saturated rings. The van der Waals surface area contributed by atoms with Crippen molar-refractivity contribution in [2.45, 2.75) is 220 Å². The molecule has 2 aromatic rings. The number of nitrogens with one attached hydrogen (secondary N) is 1. The Labute approximate surface area is 333 Å². The highest BCUT2D eigenvalue weighted by atomic mass is 16.5. The summed E-state index contributed by atoms with van der Waals surface area (Å²) in [6, 6.07) is 8.36. The van der Waals surface area contributed by atoms with E-state index in [1.54, 1.807) is 14.2 Å². The molecule has 2 rings (SSSR count). The Morgan fingerprint density at radius 1 is 0.519 bits per heavy atom. The molecular formula is C49H85NO4. The molecule has 310 valence electrons. The van der Waals surface area contributed by atoms with Crippen LogP contribution in [0.3, 0.4) is 0 Å². The molecule has 0 saturated heterocycles. The number of rotatable bonds is 22. The fourth-order valence-corrected chi connectivity index (χ4v) is 7.76. The van der Waals surface area contributed by atoms with Crippen molar-refractivity contribution in [1.29, 1.82) is 0 Å². The predicted octanol–water partition coefficient (Wildman–Crippen LogP) is 12.8. The SMILES string of the molecule is CCCCCCCCCCCCCCC[C@H](O)[C@@H](CO)NC(c1cc(C(C)(C)C)c(OC)c(C(C)(C)C)c1)c1cc(C(C)(C)C)c(OC)c(C(C)(C)C)c1. The Morgan fingerprint density at radius 3 is 1.07 bits per heavy atom. The van der Waals surface area contributed by atoms with Gasteiger partial charge in [-0.05, 0) is 63.5 Å². The maximum Gasteiger partial charge on any atom is 0.126 e. The Balaban J connectivity index is 2.49. The molecule has 54 heavy (non-hydrogen) atoms. The Bertz CT molecular complexity index is 1230. The van der Waals surface area contributed by atoms with E-state index in [9.17, 15) is 10.2 Å². The maximum absolute atomic E-state index is 11.7. The van der Waals surface area contributed by atoms with E-state index in [0.29, 0.717) is 6.42 Å². The average molecular weight is 752 g/mol. The standard InChI is InChI=1S/C49H85NO4/c1-16-17-18-19-20-21-22-23-24-25-26-27-28-29-42(52)41(34-51)50-43(35-30-37(46(2,3)4)44(53-14)38(31-35)47(5,6)7)36-32-39(48(8,9)10)45(54-15)40(33-36)49(11,12)13/h30-33,41-43,50-52H,16-29,34H2,1-15H3/t41-,42+/m1/s1. The number of aliphatic hydroxyl groups is 2. The second kappa shape index (κ2) is 21.4. The summed E-state index contributed by atoms with van der Waals surface area (Å²) in [7, 11) is 3.55. The van der Waals surface area contributed by atoms with E-state index >= 15 is 0 Å². The summed E-state index contributed by atoms with van der Waals surface area (Å²) in [5, 5.41) is 26.4. The molecule has 5 nitrogen and oxygen atoms in total. The van der Waals surface area contributed by atoms with E-state index < -0.39 is 12.1 Å². The molecule has 2 atom stereocenters. The third kappa shape index (κ3) is 14.5. The minimum Gasteiger partial charge on any atom is -0.496 e. The first kappa shape index (κ1) is 48.1. The van der Waals surface area contributed by atoms with Gasteiger partial charge in [0, 0.05) is 22.3 Å². The van der Waals surface area contributed by atoms with Crippen molar-refractivity contribution in [2.24, 2.45) is 0 Å². The van der Waals surface area contributed by atoms with Crippen LogP contribution in [0.4, 0.5) is 0 Å². The van der Waals surface area contributed by atoms with Crippen LogP contribution in [0.1, 0.15) is 219 Å². The lowest BCUT2D eigenvalue weighted by Gasteiger charge is -2.35. The minimum atomic E-state index is -0.671. The van der Waals surface area contributed by atoms with Gasteiger partial charge >= 0.3 is 0 Å². The first-order valence-electron chi connectivity index (χ1n) is 21.6. The van der Waals surface area contributed by atoms with E-state index in [4.69, 9.17) is 9.47 Å². The summed E-state index contributed by atoms with van der Waals surface area (Å²) >= 11 is 0. The highest BCUT2D eigenvalue weighted by molar-refractivity contribution is 5.56. The van der Waals surface area contributed by atoms with Gasteiger partial charge in [-0.25, -0.2) is 0 Å². The topological polar surface area (TPSA) is 71.0 Å². The van der Waals surface area contributed by atoms with E-state index in [1.165, 1.54) is 70.6 Å². The van der Waals surface area contributed by atoms with Gasteiger partial charge in [0.2, 0.25) is 0 Å². The fraction of sp³-hybridized carbons (Fsp3) is 0.755. The quantitative estimate of drug-likeness (QED) is 0.105. The minimum absolute atomic E-state index is 0.154. The molecule has 0 radical (unpaired) electrons. The molecule has 0 aliphatic rings. The lowest BCUT2D eigenvalue weighted by molar-refractivity contribution is 0.0772. The molecule has 0 spiro atoms. The normalized spacial score (nSPS) is 14.1. The molecule has 0 aromatic heterocycles. The molecule has 5 heteroatoms. The number of methoxy groups -OCH3 is 2. The van der Waals surface area contributed by atoms with Crippen LogP contribution in [0.5, 0.6) is 11.5 Å². The number of benzene rings is 2. The van der Waals surface area contributed by atoms with Crippen molar-refractivity contribution < 1.29 is 19.7 Å². The fourth-order valence-electron chi connectivity index (χ4n) is 7.76. The molecule has 0 aliphatic carbocycles. The summed E-state index contributed by atoms with van der Waals surface area (Å²) in [6.07, 6.45) is 16.8. The molecule has 0 saturated carbocycles. The summed E-state index contributed by atoms with van der Waals surface area (Å²) < 4.78 is 12.3. The number of hydrogen-bond acceptors (Lipinski definition) is 5. The number of hydrogen-bond donors (Lipinski definition) is 3. The monoisotopic (exact) mass is 752 g/mol. The molecule has 3 N–H and O–H groups in total. The summed E-state index contributed by atoms with van der Waals surface area (Å²) in [4.78, 5) is 0. The van der Waals surface area contributed by atoms with Crippen molar-refractivity contribution in [3.05, 3.63) is 57.6 Å². The first-order chi connectivity index (χ1) is 25.1. The van der Waals surface area contributed by atoms with Crippen LogP contribution in [-0.4, -0.2) is 43.2 Å². The van der Waals surface area contributed by atoms with Crippen molar-refractivity contribution in [3.63, 3.8) is 0 Å². The zero-order valence-electron chi connectivity index (χ0n) is 37.9. The van der Waals surface area contributed by atoms with Gasteiger partial charge in [-0.2, -0.15) is 0 Å². The van der Waals surface area contributed by atoms with Crippen molar-refractivity contribution in [1.82, 2.24) is 5.32 Å². The van der Waals surface area contributed by atoms with E-state index in [-0.39, 0.29) is 34.3 Å². The van der Waals surface area contributed by atoms with Gasteiger partial charge in [-0.3, -0.25) is 5.32 Å². The van der Waals surface area contributed by atoms with Gasteiger partial charge in [-0.15, -0.1) is 0 Å². The Morgan fingerprint density at radius 2 is 0.815 bits per heavy atom. The molecule has 2 aromatic carbocycles. The molecule has 0 amide bonds. The van der Waals surface area contributed by atoms with Crippen molar-refractivity contribution in [3.8, 4) is 11.5 Å².